The first-order chi connectivity index (χ1) is 9.17. The van der Waals surface area contributed by atoms with E-state index in [0.717, 1.165) is 25.9 Å². The summed E-state index contributed by atoms with van der Waals surface area (Å²) < 4.78 is 18.3. The van der Waals surface area contributed by atoms with Crippen LogP contribution in [0.1, 0.15) is 49.9 Å². The zero-order chi connectivity index (χ0) is 14.1. The Hall–Kier alpha value is -1.22. The Labute approximate surface area is 115 Å². The molecule has 1 aromatic rings. The fourth-order valence-electron chi connectivity index (χ4n) is 1.89. The van der Waals surface area contributed by atoms with Gasteiger partial charge in [-0.05, 0) is 36.6 Å². The quantitative estimate of drug-likeness (QED) is 0.493. The maximum Gasteiger partial charge on any atom is 0.162 e. The van der Waals surface area contributed by atoms with Gasteiger partial charge in [0.15, 0.2) is 5.78 Å². The lowest BCUT2D eigenvalue weighted by molar-refractivity contribution is 0.0847. The number of ketones is 1. The summed E-state index contributed by atoms with van der Waals surface area (Å²) in [5.41, 5.74) is 0.571. The van der Waals surface area contributed by atoms with Crippen LogP contribution in [0.4, 0.5) is 4.39 Å². The molecular weight excluding hydrogens is 243 g/mol. The number of rotatable bonds is 9. The van der Waals surface area contributed by atoms with Gasteiger partial charge in [0.1, 0.15) is 5.82 Å². The highest BCUT2D eigenvalue weighted by atomic mass is 19.1. The average molecular weight is 266 g/mol. The van der Waals surface area contributed by atoms with E-state index in [4.69, 9.17) is 4.74 Å². The van der Waals surface area contributed by atoms with Crippen molar-refractivity contribution >= 4 is 5.78 Å². The standard InChI is InChI=1S/C16H23FO2/c1-3-13(4-2)12-19-11-5-6-16(18)14-7-9-15(17)10-8-14/h7-10,13H,3-6,11-12H2,1-2H3. The van der Waals surface area contributed by atoms with Gasteiger partial charge < -0.3 is 4.74 Å². The number of ether oxygens (including phenoxy) is 1. The molecule has 0 unspecified atom stereocenters. The number of carbonyl (C=O) groups is 1. The maximum atomic E-state index is 12.7. The van der Waals surface area contributed by atoms with Crippen LogP contribution in [0, 0.1) is 11.7 Å². The van der Waals surface area contributed by atoms with Crippen LogP contribution in [-0.2, 0) is 4.74 Å². The largest absolute Gasteiger partial charge is 0.381 e. The molecule has 0 radical (unpaired) electrons. The van der Waals surface area contributed by atoms with Crippen molar-refractivity contribution in [3.05, 3.63) is 35.6 Å². The Balaban J connectivity index is 2.19. The van der Waals surface area contributed by atoms with Gasteiger partial charge in [0.2, 0.25) is 0 Å². The molecule has 0 saturated carbocycles. The van der Waals surface area contributed by atoms with Crippen LogP contribution in [0.15, 0.2) is 24.3 Å². The van der Waals surface area contributed by atoms with Gasteiger partial charge in [-0.3, -0.25) is 4.79 Å². The van der Waals surface area contributed by atoms with Crippen molar-refractivity contribution in [3.8, 4) is 0 Å². The van der Waals surface area contributed by atoms with Gasteiger partial charge in [-0.25, -0.2) is 4.39 Å². The molecule has 0 heterocycles. The summed E-state index contributed by atoms with van der Waals surface area (Å²) in [6.45, 7) is 5.71. The summed E-state index contributed by atoms with van der Waals surface area (Å²) in [5, 5.41) is 0. The zero-order valence-electron chi connectivity index (χ0n) is 11.8. The van der Waals surface area contributed by atoms with Crippen LogP contribution in [0.25, 0.3) is 0 Å². The van der Waals surface area contributed by atoms with E-state index in [1.165, 1.54) is 24.3 Å². The summed E-state index contributed by atoms with van der Waals surface area (Å²) in [7, 11) is 0. The van der Waals surface area contributed by atoms with Crippen LogP contribution < -0.4 is 0 Å². The van der Waals surface area contributed by atoms with Gasteiger partial charge in [-0.15, -0.1) is 0 Å². The second-order valence-corrected chi connectivity index (χ2v) is 4.79. The molecule has 0 aliphatic rings. The summed E-state index contributed by atoms with van der Waals surface area (Å²) in [6, 6.07) is 5.69. The minimum Gasteiger partial charge on any atom is -0.381 e. The van der Waals surface area contributed by atoms with Crippen molar-refractivity contribution in [2.24, 2.45) is 5.92 Å². The summed E-state index contributed by atoms with van der Waals surface area (Å²) in [5.74, 6) is 0.351. The minimum absolute atomic E-state index is 0.0473. The molecule has 19 heavy (non-hydrogen) atoms. The number of halogens is 1. The summed E-state index contributed by atoms with van der Waals surface area (Å²) in [4.78, 5) is 11.8. The smallest absolute Gasteiger partial charge is 0.162 e. The SMILES string of the molecule is CCC(CC)COCCCC(=O)c1ccc(F)cc1. The van der Waals surface area contributed by atoms with Crippen molar-refractivity contribution in [3.63, 3.8) is 0 Å². The van der Waals surface area contributed by atoms with Crippen molar-refractivity contribution in [2.45, 2.75) is 39.5 Å². The Morgan fingerprint density at radius 1 is 1.21 bits per heavy atom. The predicted octanol–water partition coefficient (Wildman–Crippen LogP) is 4.24. The molecule has 0 bridgehead atoms. The number of hydrogen-bond donors (Lipinski definition) is 0. The Morgan fingerprint density at radius 2 is 1.84 bits per heavy atom. The topological polar surface area (TPSA) is 26.3 Å². The second-order valence-electron chi connectivity index (χ2n) is 4.79. The first-order valence-electron chi connectivity index (χ1n) is 7.03. The molecule has 106 valence electrons. The first kappa shape index (κ1) is 15.8. The highest BCUT2D eigenvalue weighted by molar-refractivity contribution is 5.95. The van der Waals surface area contributed by atoms with E-state index >= 15 is 0 Å². The molecule has 0 aliphatic carbocycles. The van der Waals surface area contributed by atoms with Gasteiger partial charge in [0, 0.05) is 25.2 Å². The molecule has 0 aromatic heterocycles. The predicted molar refractivity (Wildman–Crippen MR) is 74.9 cm³/mol. The van der Waals surface area contributed by atoms with Gasteiger partial charge in [0.25, 0.3) is 0 Å². The number of benzene rings is 1. The van der Waals surface area contributed by atoms with E-state index < -0.39 is 0 Å². The molecule has 1 aromatic carbocycles. The van der Waals surface area contributed by atoms with Crippen molar-refractivity contribution in [1.82, 2.24) is 0 Å². The highest BCUT2D eigenvalue weighted by Crippen LogP contribution is 2.09. The number of carbonyl (C=O) groups excluding carboxylic acids is 1. The van der Waals surface area contributed by atoms with Crippen molar-refractivity contribution in [2.75, 3.05) is 13.2 Å². The molecule has 0 amide bonds. The highest BCUT2D eigenvalue weighted by Gasteiger charge is 2.06. The molecular formula is C16H23FO2. The van der Waals surface area contributed by atoms with Gasteiger partial charge >= 0.3 is 0 Å². The average Bonchev–Trinajstić information content (AvgIpc) is 2.43. The lowest BCUT2D eigenvalue weighted by Crippen LogP contribution is -2.09. The molecule has 1 rings (SSSR count). The fourth-order valence-corrected chi connectivity index (χ4v) is 1.89. The van der Waals surface area contributed by atoms with Crippen LogP contribution >= 0.6 is 0 Å². The molecule has 0 fully saturated rings. The second kappa shape index (κ2) is 8.81. The monoisotopic (exact) mass is 266 g/mol. The van der Waals surface area contributed by atoms with E-state index in [2.05, 4.69) is 13.8 Å². The lowest BCUT2D eigenvalue weighted by atomic mass is 10.1. The van der Waals surface area contributed by atoms with E-state index in [1.807, 2.05) is 0 Å². The molecule has 0 saturated heterocycles. The molecule has 0 spiro atoms. The normalized spacial score (nSPS) is 10.9. The number of hydrogen-bond acceptors (Lipinski definition) is 2. The van der Waals surface area contributed by atoms with Gasteiger partial charge in [-0.1, -0.05) is 26.7 Å². The van der Waals surface area contributed by atoms with Crippen LogP contribution in [0.2, 0.25) is 0 Å². The molecule has 2 nitrogen and oxygen atoms in total. The third-order valence-corrected chi connectivity index (χ3v) is 3.37. The Kier molecular flexibility index (Phi) is 7.34. The molecule has 0 atom stereocenters. The first-order valence-corrected chi connectivity index (χ1v) is 7.03. The van der Waals surface area contributed by atoms with Crippen LogP contribution in [0.5, 0.6) is 0 Å². The van der Waals surface area contributed by atoms with E-state index in [-0.39, 0.29) is 11.6 Å². The van der Waals surface area contributed by atoms with E-state index in [9.17, 15) is 9.18 Å². The van der Waals surface area contributed by atoms with Gasteiger partial charge in [0.05, 0.1) is 0 Å². The number of Topliss-reactive ketones (excluding diaryl/α,β-unsaturated/α-hetero) is 1. The summed E-state index contributed by atoms with van der Waals surface area (Å²) >= 11 is 0. The molecule has 0 aliphatic heterocycles. The van der Waals surface area contributed by atoms with Crippen LogP contribution in [0.3, 0.4) is 0 Å². The fraction of sp³-hybridized carbons (Fsp3) is 0.562. The third kappa shape index (κ3) is 5.97. The summed E-state index contributed by atoms with van der Waals surface area (Å²) in [6.07, 6.45) is 3.43. The Bertz CT molecular complexity index is 369. The van der Waals surface area contributed by atoms with Crippen molar-refractivity contribution in [1.29, 1.82) is 0 Å². The molecule has 0 N–H and O–H groups in total. The molecule has 3 heteroatoms. The zero-order valence-corrected chi connectivity index (χ0v) is 11.8. The lowest BCUT2D eigenvalue weighted by Gasteiger charge is -2.12. The van der Waals surface area contributed by atoms with E-state index in [1.54, 1.807) is 0 Å². The van der Waals surface area contributed by atoms with E-state index in [0.29, 0.717) is 24.5 Å². The minimum atomic E-state index is -0.315. The maximum absolute atomic E-state index is 12.7. The van der Waals surface area contributed by atoms with Crippen LogP contribution in [-0.4, -0.2) is 19.0 Å². The van der Waals surface area contributed by atoms with Gasteiger partial charge in [-0.2, -0.15) is 0 Å². The Morgan fingerprint density at radius 3 is 2.42 bits per heavy atom. The van der Waals surface area contributed by atoms with Crippen molar-refractivity contribution < 1.29 is 13.9 Å². The third-order valence-electron chi connectivity index (χ3n) is 3.37.